The molecule has 2 N–H and O–H groups in total. The standard InChI is InChI=1S/C17H16N2O4/c1-23-16(21)11-15(20)18-13-7-9-14(10-8-13)19-17(22)12-5-3-2-4-6-12/h2-10H,11H2,1H3,(H,18,20)(H,19,22). The molecule has 0 atom stereocenters. The average Bonchev–Trinajstić information content (AvgIpc) is 2.57. The van der Waals surface area contributed by atoms with Crippen molar-refractivity contribution in [2.75, 3.05) is 17.7 Å². The van der Waals surface area contributed by atoms with E-state index >= 15 is 0 Å². The van der Waals surface area contributed by atoms with E-state index in [1.54, 1.807) is 48.5 Å². The fourth-order valence-corrected chi connectivity index (χ4v) is 1.84. The van der Waals surface area contributed by atoms with Gasteiger partial charge in [-0.2, -0.15) is 0 Å². The third kappa shape index (κ3) is 4.96. The van der Waals surface area contributed by atoms with Crippen molar-refractivity contribution in [2.45, 2.75) is 6.42 Å². The third-order valence-electron chi connectivity index (χ3n) is 3.00. The lowest BCUT2D eigenvalue weighted by Gasteiger charge is -2.08. The molecule has 0 unspecified atom stereocenters. The zero-order valence-electron chi connectivity index (χ0n) is 12.5. The lowest BCUT2D eigenvalue weighted by atomic mass is 10.2. The Bertz CT molecular complexity index is 696. The predicted molar refractivity (Wildman–Crippen MR) is 86.1 cm³/mol. The lowest BCUT2D eigenvalue weighted by Crippen LogP contribution is -2.17. The smallest absolute Gasteiger partial charge is 0.315 e. The van der Waals surface area contributed by atoms with E-state index in [2.05, 4.69) is 15.4 Å². The Morgan fingerprint density at radius 3 is 2.00 bits per heavy atom. The van der Waals surface area contributed by atoms with Gasteiger partial charge < -0.3 is 15.4 Å². The first-order valence-electron chi connectivity index (χ1n) is 6.91. The van der Waals surface area contributed by atoms with Gasteiger partial charge in [0.05, 0.1) is 7.11 Å². The average molecular weight is 312 g/mol. The first-order valence-corrected chi connectivity index (χ1v) is 6.91. The van der Waals surface area contributed by atoms with Crippen molar-refractivity contribution in [3.05, 3.63) is 60.2 Å². The van der Waals surface area contributed by atoms with E-state index < -0.39 is 11.9 Å². The first kappa shape index (κ1) is 16.2. The van der Waals surface area contributed by atoms with Gasteiger partial charge in [-0.25, -0.2) is 0 Å². The van der Waals surface area contributed by atoms with Gasteiger partial charge in [-0.15, -0.1) is 0 Å². The third-order valence-corrected chi connectivity index (χ3v) is 3.00. The number of anilines is 2. The molecular weight excluding hydrogens is 296 g/mol. The van der Waals surface area contributed by atoms with Gasteiger partial charge in [0.2, 0.25) is 5.91 Å². The maximum Gasteiger partial charge on any atom is 0.315 e. The molecule has 0 heterocycles. The van der Waals surface area contributed by atoms with E-state index in [0.717, 1.165) is 0 Å². The Kier molecular flexibility index (Phi) is 5.46. The van der Waals surface area contributed by atoms with Crippen LogP contribution in [0.4, 0.5) is 11.4 Å². The molecule has 2 rings (SSSR count). The van der Waals surface area contributed by atoms with Crippen LogP contribution in [0.2, 0.25) is 0 Å². The van der Waals surface area contributed by atoms with Crippen molar-refractivity contribution in [3.8, 4) is 0 Å². The molecule has 2 amide bonds. The quantitative estimate of drug-likeness (QED) is 0.656. The molecule has 0 aromatic heterocycles. The molecule has 0 aliphatic heterocycles. The molecule has 0 fully saturated rings. The van der Waals surface area contributed by atoms with Crippen LogP contribution in [0.5, 0.6) is 0 Å². The van der Waals surface area contributed by atoms with Crippen molar-refractivity contribution in [2.24, 2.45) is 0 Å². The predicted octanol–water partition coefficient (Wildman–Crippen LogP) is 2.44. The van der Waals surface area contributed by atoms with E-state index in [0.29, 0.717) is 16.9 Å². The van der Waals surface area contributed by atoms with Crippen molar-refractivity contribution in [1.82, 2.24) is 0 Å². The second-order valence-electron chi connectivity index (χ2n) is 4.70. The monoisotopic (exact) mass is 312 g/mol. The maximum atomic E-state index is 12.0. The molecule has 0 radical (unpaired) electrons. The fourth-order valence-electron chi connectivity index (χ4n) is 1.84. The number of ether oxygens (including phenoxy) is 1. The van der Waals surface area contributed by atoms with Crippen molar-refractivity contribution >= 4 is 29.2 Å². The van der Waals surface area contributed by atoms with Gasteiger partial charge in [0, 0.05) is 16.9 Å². The van der Waals surface area contributed by atoms with Crippen LogP contribution in [0.1, 0.15) is 16.8 Å². The number of esters is 1. The number of rotatable bonds is 5. The summed E-state index contributed by atoms with van der Waals surface area (Å²) in [4.78, 5) is 34.5. The molecule has 0 bridgehead atoms. The van der Waals surface area contributed by atoms with Crippen LogP contribution in [-0.2, 0) is 14.3 Å². The molecule has 23 heavy (non-hydrogen) atoms. The second kappa shape index (κ2) is 7.74. The number of methoxy groups -OCH3 is 1. The Morgan fingerprint density at radius 2 is 1.43 bits per heavy atom. The molecule has 118 valence electrons. The Hall–Kier alpha value is -3.15. The molecule has 2 aromatic rings. The Labute approximate surface area is 133 Å². The SMILES string of the molecule is COC(=O)CC(=O)Nc1ccc(NC(=O)c2ccccc2)cc1. The highest BCUT2D eigenvalue weighted by Gasteiger charge is 2.10. The van der Waals surface area contributed by atoms with E-state index in [1.165, 1.54) is 7.11 Å². The van der Waals surface area contributed by atoms with Crippen LogP contribution in [0.3, 0.4) is 0 Å². The minimum absolute atomic E-state index is 0.215. The minimum Gasteiger partial charge on any atom is -0.469 e. The van der Waals surface area contributed by atoms with Gasteiger partial charge in [-0.05, 0) is 36.4 Å². The molecule has 0 saturated carbocycles. The summed E-state index contributed by atoms with van der Waals surface area (Å²) in [7, 11) is 1.22. The number of carbonyl (C=O) groups excluding carboxylic acids is 3. The van der Waals surface area contributed by atoms with Gasteiger partial charge >= 0.3 is 5.97 Å². The fraction of sp³-hybridized carbons (Fsp3) is 0.118. The summed E-state index contributed by atoms with van der Waals surface area (Å²) >= 11 is 0. The van der Waals surface area contributed by atoms with Gasteiger partial charge in [0.1, 0.15) is 6.42 Å². The number of hydrogen-bond acceptors (Lipinski definition) is 4. The van der Waals surface area contributed by atoms with Crippen LogP contribution in [0.25, 0.3) is 0 Å². The highest BCUT2D eigenvalue weighted by atomic mass is 16.5. The molecular formula is C17H16N2O4. The van der Waals surface area contributed by atoms with Gasteiger partial charge in [0.25, 0.3) is 5.91 Å². The summed E-state index contributed by atoms with van der Waals surface area (Å²) in [6.07, 6.45) is -0.344. The van der Waals surface area contributed by atoms with E-state index in [9.17, 15) is 14.4 Å². The number of carbonyl (C=O) groups is 3. The Balaban J connectivity index is 1.93. The van der Waals surface area contributed by atoms with Crippen LogP contribution in [0, 0.1) is 0 Å². The van der Waals surface area contributed by atoms with Crippen molar-refractivity contribution < 1.29 is 19.1 Å². The Morgan fingerprint density at radius 1 is 0.870 bits per heavy atom. The van der Waals surface area contributed by atoms with Crippen molar-refractivity contribution in [1.29, 1.82) is 0 Å². The molecule has 2 aromatic carbocycles. The van der Waals surface area contributed by atoms with E-state index in [-0.39, 0.29) is 12.3 Å². The summed E-state index contributed by atoms with van der Waals surface area (Å²) in [5.41, 5.74) is 1.68. The largest absolute Gasteiger partial charge is 0.469 e. The summed E-state index contributed by atoms with van der Waals surface area (Å²) in [6, 6.07) is 15.4. The number of amides is 2. The van der Waals surface area contributed by atoms with E-state index in [4.69, 9.17) is 0 Å². The summed E-state index contributed by atoms with van der Waals surface area (Å²) in [5, 5.41) is 5.32. The summed E-state index contributed by atoms with van der Waals surface area (Å²) < 4.78 is 4.42. The molecule has 6 nitrogen and oxygen atoms in total. The summed E-state index contributed by atoms with van der Waals surface area (Å²) in [6.45, 7) is 0. The van der Waals surface area contributed by atoms with Crippen LogP contribution < -0.4 is 10.6 Å². The molecule has 6 heteroatoms. The molecule has 0 saturated heterocycles. The number of nitrogens with one attached hydrogen (secondary N) is 2. The van der Waals surface area contributed by atoms with Crippen LogP contribution >= 0.6 is 0 Å². The second-order valence-corrected chi connectivity index (χ2v) is 4.70. The van der Waals surface area contributed by atoms with Crippen LogP contribution in [0.15, 0.2) is 54.6 Å². The zero-order valence-corrected chi connectivity index (χ0v) is 12.5. The number of hydrogen-bond donors (Lipinski definition) is 2. The van der Waals surface area contributed by atoms with Gasteiger partial charge in [0.15, 0.2) is 0 Å². The number of benzene rings is 2. The normalized spacial score (nSPS) is 9.78. The lowest BCUT2D eigenvalue weighted by molar-refractivity contribution is -0.142. The first-order chi connectivity index (χ1) is 11.1. The zero-order chi connectivity index (χ0) is 16.7. The minimum atomic E-state index is -0.603. The van der Waals surface area contributed by atoms with E-state index in [1.807, 2.05) is 6.07 Å². The van der Waals surface area contributed by atoms with Crippen LogP contribution in [-0.4, -0.2) is 24.9 Å². The van der Waals surface area contributed by atoms with Gasteiger partial charge in [-0.1, -0.05) is 18.2 Å². The van der Waals surface area contributed by atoms with Crippen molar-refractivity contribution in [3.63, 3.8) is 0 Å². The molecule has 0 spiro atoms. The van der Waals surface area contributed by atoms with Gasteiger partial charge in [-0.3, -0.25) is 14.4 Å². The topological polar surface area (TPSA) is 84.5 Å². The highest BCUT2D eigenvalue weighted by molar-refractivity contribution is 6.04. The summed E-state index contributed by atoms with van der Waals surface area (Å²) in [5.74, 6) is -1.28. The maximum absolute atomic E-state index is 12.0. The molecule has 0 aliphatic carbocycles. The molecule has 0 aliphatic rings. The highest BCUT2D eigenvalue weighted by Crippen LogP contribution is 2.15.